The molecule has 284 valence electrons. The molecule has 0 amide bonds. The molecule has 0 aliphatic carbocycles. The fraction of sp³-hybridized carbons (Fsp3) is 0. The molecule has 0 aliphatic rings. The van der Waals surface area contributed by atoms with Gasteiger partial charge in [0.25, 0.3) is 0 Å². The number of fused-ring (bicyclic) bond motifs is 7. The lowest BCUT2D eigenvalue weighted by atomic mass is 9.89. The maximum absolute atomic E-state index is 6.11. The van der Waals surface area contributed by atoms with Crippen molar-refractivity contribution < 1.29 is 4.42 Å². The minimum atomic E-state index is 0.685. The average molecular weight is 777 g/mol. The van der Waals surface area contributed by atoms with E-state index in [1.807, 2.05) is 18.2 Å². The summed E-state index contributed by atoms with van der Waals surface area (Å²) in [4.78, 5) is 10.4. The van der Waals surface area contributed by atoms with Crippen LogP contribution in [0, 0.1) is 0 Å². The topological polar surface area (TPSA) is 38.9 Å². The Labute approximate surface area is 352 Å². The van der Waals surface area contributed by atoms with E-state index in [-0.39, 0.29) is 0 Å². The van der Waals surface area contributed by atoms with E-state index < -0.39 is 0 Å². The summed E-state index contributed by atoms with van der Waals surface area (Å²) in [5, 5.41) is 9.74. The molecule has 0 spiro atoms. The number of para-hydroxylation sites is 1. The van der Waals surface area contributed by atoms with Crippen LogP contribution in [0.5, 0.6) is 0 Å². The van der Waals surface area contributed by atoms with Gasteiger partial charge in [0.1, 0.15) is 11.2 Å². The van der Waals surface area contributed by atoms with Gasteiger partial charge in [-0.3, -0.25) is 0 Å². The van der Waals surface area contributed by atoms with Gasteiger partial charge >= 0.3 is 0 Å². The highest BCUT2D eigenvalue weighted by Gasteiger charge is 2.16. The van der Waals surface area contributed by atoms with Gasteiger partial charge in [0.2, 0.25) is 0 Å². The van der Waals surface area contributed by atoms with E-state index in [1.54, 1.807) is 0 Å². The van der Waals surface area contributed by atoms with Crippen molar-refractivity contribution in [3.8, 4) is 67.3 Å². The SMILES string of the molecule is c1ccc(-c2ccc(-c3nc(-c4ccc(-c5ccc6oc7ccccc7c6c5)cc4)cc(-c4ccc(-c5c6ccccc6cc6c5ccc5ccccc56)cc4)n3)cc2)cc1. The Balaban J connectivity index is 0.956. The Kier molecular flexibility index (Phi) is 8.17. The molecular formula is C58H36N2O. The zero-order chi connectivity index (χ0) is 40.3. The maximum atomic E-state index is 6.11. The zero-order valence-corrected chi connectivity index (χ0v) is 33.1. The van der Waals surface area contributed by atoms with E-state index in [9.17, 15) is 0 Å². The number of aromatic nitrogens is 2. The molecular weight excluding hydrogens is 741 g/mol. The summed E-state index contributed by atoms with van der Waals surface area (Å²) < 4.78 is 6.11. The van der Waals surface area contributed by atoms with Gasteiger partial charge in [0, 0.05) is 27.5 Å². The first-order chi connectivity index (χ1) is 30.2. The quantitative estimate of drug-likeness (QED) is 0.125. The first kappa shape index (κ1) is 34.9. The molecule has 3 nitrogen and oxygen atoms in total. The molecule has 0 bridgehead atoms. The number of hydrogen-bond acceptors (Lipinski definition) is 3. The molecule has 0 N–H and O–H groups in total. The summed E-state index contributed by atoms with van der Waals surface area (Å²) in [6, 6.07) is 77.6. The number of hydrogen-bond donors (Lipinski definition) is 0. The molecule has 0 atom stereocenters. The highest BCUT2D eigenvalue weighted by Crippen LogP contribution is 2.40. The predicted molar refractivity (Wildman–Crippen MR) is 254 cm³/mol. The van der Waals surface area contributed by atoms with Crippen molar-refractivity contribution in [3.63, 3.8) is 0 Å². The van der Waals surface area contributed by atoms with Crippen molar-refractivity contribution >= 4 is 54.3 Å². The van der Waals surface area contributed by atoms with E-state index >= 15 is 0 Å². The van der Waals surface area contributed by atoms with Gasteiger partial charge in [-0.25, -0.2) is 9.97 Å². The lowest BCUT2D eigenvalue weighted by Crippen LogP contribution is -1.96. The average Bonchev–Trinajstić information content (AvgIpc) is 3.72. The molecule has 3 heteroatoms. The monoisotopic (exact) mass is 776 g/mol. The molecule has 0 saturated carbocycles. The maximum Gasteiger partial charge on any atom is 0.160 e. The van der Waals surface area contributed by atoms with Crippen LogP contribution in [0.25, 0.3) is 122 Å². The van der Waals surface area contributed by atoms with Gasteiger partial charge in [-0.05, 0) is 96.0 Å². The second-order valence-corrected chi connectivity index (χ2v) is 15.7. The predicted octanol–water partition coefficient (Wildman–Crippen LogP) is 15.8. The van der Waals surface area contributed by atoms with Crippen LogP contribution in [0.4, 0.5) is 0 Å². The number of nitrogens with zero attached hydrogens (tertiary/aromatic N) is 2. The third-order valence-corrected chi connectivity index (χ3v) is 12.1. The highest BCUT2D eigenvalue weighted by molar-refractivity contribution is 6.20. The highest BCUT2D eigenvalue weighted by atomic mass is 16.3. The molecule has 12 aromatic rings. The van der Waals surface area contributed by atoms with Crippen LogP contribution in [-0.2, 0) is 0 Å². The minimum Gasteiger partial charge on any atom is -0.456 e. The second kappa shape index (κ2) is 14.3. The zero-order valence-electron chi connectivity index (χ0n) is 33.1. The number of benzene rings is 10. The number of rotatable bonds is 6. The van der Waals surface area contributed by atoms with Crippen molar-refractivity contribution in [2.24, 2.45) is 0 Å². The van der Waals surface area contributed by atoms with Crippen LogP contribution in [0.15, 0.2) is 223 Å². The molecule has 0 unspecified atom stereocenters. The largest absolute Gasteiger partial charge is 0.456 e. The molecule has 0 saturated heterocycles. The first-order valence-electron chi connectivity index (χ1n) is 20.7. The number of furan rings is 1. The molecule has 0 radical (unpaired) electrons. The second-order valence-electron chi connectivity index (χ2n) is 15.7. The summed E-state index contributed by atoms with van der Waals surface area (Å²) in [5.74, 6) is 0.685. The summed E-state index contributed by atoms with van der Waals surface area (Å²) in [7, 11) is 0. The van der Waals surface area contributed by atoms with Crippen molar-refractivity contribution in [1.29, 1.82) is 0 Å². The van der Waals surface area contributed by atoms with Crippen molar-refractivity contribution in [2.45, 2.75) is 0 Å². The third-order valence-electron chi connectivity index (χ3n) is 12.1. The Morgan fingerprint density at radius 1 is 0.262 bits per heavy atom. The van der Waals surface area contributed by atoms with Gasteiger partial charge in [0.05, 0.1) is 11.4 Å². The van der Waals surface area contributed by atoms with Gasteiger partial charge < -0.3 is 4.42 Å². The molecule has 10 aromatic carbocycles. The van der Waals surface area contributed by atoms with Crippen molar-refractivity contribution in [2.75, 3.05) is 0 Å². The van der Waals surface area contributed by atoms with Crippen molar-refractivity contribution in [3.05, 3.63) is 218 Å². The Morgan fingerprint density at radius 2 is 0.787 bits per heavy atom. The Hall–Kier alpha value is -8.14. The van der Waals surface area contributed by atoms with Gasteiger partial charge in [0.15, 0.2) is 5.82 Å². The van der Waals surface area contributed by atoms with Gasteiger partial charge in [-0.1, -0.05) is 188 Å². The third kappa shape index (κ3) is 6.14. The fourth-order valence-corrected chi connectivity index (χ4v) is 8.99. The van der Waals surface area contributed by atoms with Crippen LogP contribution in [0.2, 0.25) is 0 Å². The smallest absolute Gasteiger partial charge is 0.160 e. The van der Waals surface area contributed by atoms with Crippen LogP contribution in [-0.4, -0.2) is 9.97 Å². The van der Waals surface area contributed by atoms with Gasteiger partial charge in [-0.2, -0.15) is 0 Å². The molecule has 2 aromatic heterocycles. The molecule has 0 aliphatic heterocycles. The lowest BCUT2D eigenvalue weighted by Gasteiger charge is -2.15. The molecule has 61 heavy (non-hydrogen) atoms. The Bertz CT molecular complexity index is 3610. The summed E-state index contributed by atoms with van der Waals surface area (Å²) in [6.45, 7) is 0. The van der Waals surface area contributed by atoms with E-state index in [0.29, 0.717) is 5.82 Å². The molecule has 12 rings (SSSR count). The van der Waals surface area contributed by atoms with Crippen molar-refractivity contribution in [1.82, 2.24) is 9.97 Å². The summed E-state index contributed by atoms with van der Waals surface area (Å²) in [6.07, 6.45) is 0. The van der Waals surface area contributed by atoms with Crippen LogP contribution in [0.3, 0.4) is 0 Å². The van der Waals surface area contributed by atoms with Crippen LogP contribution >= 0.6 is 0 Å². The Morgan fingerprint density at radius 3 is 1.52 bits per heavy atom. The van der Waals surface area contributed by atoms with Crippen LogP contribution < -0.4 is 0 Å². The summed E-state index contributed by atoms with van der Waals surface area (Å²) >= 11 is 0. The fourth-order valence-electron chi connectivity index (χ4n) is 8.99. The van der Waals surface area contributed by atoms with E-state index in [2.05, 4.69) is 200 Å². The molecule has 0 fully saturated rings. The van der Waals surface area contributed by atoms with E-state index in [0.717, 1.165) is 66.7 Å². The molecule has 2 heterocycles. The normalized spacial score (nSPS) is 11.6. The minimum absolute atomic E-state index is 0.685. The van der Waals surface area contributed by atoms with E-state index in [1.165, 1.54) is 49.0 Å². The lowest BCUT2D eigenvalue weighted by molar-refractivity contribution is 0.669. The van der Waals surface area contributed by atoms with E-state index in [4.69, 9.17) is 14.4 Å². The van der Waals surface area contributed by atoms with Gasteiger partial charge in [-0.15, -0.1) is 0 Å². The standard InChI is InChI=1S/C58H36N2O/c1-2-10-37(11-3-1)38-20-28-44(29-21-38)58-59-53(41-22-18-39(19-23-41)45-31-33-56-52(34-45)49-16-8-9-17-55(49)61-56)36-54(60-58)42-24-26-43(27-25-42)57-48-15-7-5-13-46(48)35-51-47-14-6-4-12-40(47)30-32-50(51)57/h1-36H. The summed E-state index contributed by atoms with van der Waals surface area (Å²) in [5.41, 5.74) is 13.6. The first-order valence-corrected chi connectivity index (χ1v) is 20.7. The van der Waals surface area contributed by atoms with Crippen LogP contribution in [0.1, 0.15) is 0 Å².